The second-order valence-corrected chi connectivity index (χ2v) is 10.7. The van der Waals surface area contributed by atoms with E-state index in [1.807, 2.05) is 13.8 Å². The first kappa shape index (κ1) is 27.1. The summed E-state index contributed by atoms with van der Waals surface area (Å²) >= 11 is 0. The van der Waals surface area contributed by atoms with Gasteiger partial charge in [-0.15, -0.1) is 5.10 Å². The molecule has 3 heterocycles. The van der Waals surface area contributed by atoms with Gasteiger partial charge in [-0.3, -0.25) is 14.6 Å². The lowest BCUT2D eigenvalue weighted by atomic mass is 10.1. The quantitative estimate of drug-likeness (QED) is 0.426. The zero-order chi connectivity index (χ0) is 27.5. The molecule has 0 aliphatic carbocycles. The Morgan fingerprint density at radius 2 is 2.08 bits per heavy atom. The summed E-state index contributed by atoms with van der Waals surface area (Å²) in [7, 11) is -4.51. The number of anilines is 2. The summed E-state index contributed by atoms with van der Waals surface area (Å²) in [6.45, 7) is 3.68. The van der Waals surface area contributed by atoms with Gasteiger partial charge in [-0.25, -0.2) is 18.3 Å². The molecule has 2 N–H and O–H groups in total. The number of ether oxygens (including phenoxy) is 2. The number of aromatic nitrogens is 5. The number of nitrogens with one attached hydrogen (secondary N) is 2. The molecular formula is C22H24F3N7O5S. The van der Waals surface area contributed by atoms with Crippen molar-refractivity contribution in [2.75, 3.05) is 22.8 Å². The van der Waals surface area contributed by atoms with Gasteiger partial charge in [-0.1, -0.05) is 13.8 Å². The summed E-state index contributed by atoms with van der Waals surface area (Å²) in [5, 5.41) is 15.9. The lowest BCUT2D eigenvalue weighted by Gasteiger charge is -2.35. The molecule has 2 aromatic heterocycles. The summed E-state index contributed by atoms with van der Waals surface area (Å²) in [4.78, 5) is 14.8. The van der Waals surface area contributed by atoms with E-state index in [1.54, 1.807) is 0 Å². The van der Waals surface area contributed by atoms with Crippen molar-refractivity contribution in [1.82, 2.24) is 25.6 Å². The fraction of sp³-hybridized carbons (Fsp3) is 0.409. The standard InChI is InChI=1S/C22H24F3N7O5S/c1-13(2)12-36-21(33)27-14-3-5-18-17(9-14)32(11-15(37-18)4-6-20-28-30-31-29-20)38(34,35)16-7-8-26-19(10-16)22(23,24)25/h3,5,7-10,13,15H,4,6,11-12H2,1-2H3,(H,27,33)(H,28,29,30,31)/t15-/m0/s1. The van der Waals surface area contributed by atoms with Crippen LogP contribution in [-0.4, -0.2) is 59.4 Å². The van der Waals surface area contributed by atoms with Crippen molar-refractivity contribution >= 4 is 27.5 Å². The number of nitrogens with zero attached hydrogens (tertiary/aromatic N) is 5. The lowest BCUT2D eigenvalue weighted by molar-refractivity contribution is -0.141. The number of tetrazole rings is 1. The van der Waals surface area contributed by atoms with Crippen molar-refractivity contribution in [3.8, 4) is 5.75 Å². The van der Waals surface area contributed by atoms with E-state index in [-0.39, 0.29) is 36.2 Å². The van der Waals surface area contributed by atoms with Crippen molar-refractivity contribution in [3.63, 3.8) is 0 Å². The largest absolute Gasteiger partial charge is 0.486 e. The predicted molar refractivity (Wildman–Crippen MR) is 127 cm³/mol. The number of amides is 1. The second-order valence-electron chi connectivity index (χ2n) is 8.84. The van der Waals surface area contributed by atoms with Crippen LogP contribution in [0.3, 0.4) is 0 Å². The number of hydrogen-bond acceptors (Lipinski definition) is 9. The summed E-state index contributed by atoms with van der Waals surface area (Å²) in [5.74, 6) is 0.717. The van der Waals surface area contributed by atoms with Crippen molar-refractivity contribution in [2.24, 2.45) is 5.92 Å². The number of carbonyl (C=O) groups excluding carboxylic acids is 1. The minimum Gasteiger partial charge on any atom is -0.486 e. The number of hydrogen-bond donors (Lipinski definition) is 2. The SMILES string of the molecule is CC(C)COC(=O)Nc1ccc2c(c1)N(S(=O)(=O)c1ccnc(C(F)(F)F)c1)C[C@H](CCc1nnn[nH]1)O2. The van der Waals surface area contributed by atoms with Gasteiger partial charge in [0, 0.05) is 18.3 Å². The van der Waals surface area contributed by atoms with Crippen molar-refractivity contribution in [2.45, 2.75) is 43.9 Å². The molecular weight excluding hydrogens is 531 g/mol. The van der Waals surface area contributed by atoms with Gasteiger partial charge in [0.25, 0.3) is 10.0 Å². The van der Waals surface area contributed by atoms with Gasteiger partial charge < -0.3 is 9.47 Å². The molecule has 0 unspecified atom stereocenters. The van der Waals surface area contributed by atoms with E-state index in [0.29, 0.717) is 24.7 Å². The Bertz CT molecular complexity index is 1380. The summed E-state index contributed by atoms with van der Waals surface area (Å²) in [6, 6.07) is 5.78. The molecule has 0 fully saturated rings. The number of carbonyl (C=O) groups is 1. The maximum absolute atomic E-state index is 13.6. The molecule has 3 aromatic rings. The molecule has 16 heteroatoms. The zero-order valence-electron chi connectivity index (χ0n) is 20.3. The van der Waals surface area contributed by atoms with E-state index in [4.69, 9.17) is 9.47 Å². The number of halogens is 3. The first-order valence-corrected chi connectivity index (χ1v) is 12.9. The number of aromatic amines is 1. The fourth-order valence-electron chi connectivity index (χ4n) is 3.60. The third-order valence-corrected chi connectivity index (χ3v) is 7.16. The topological polar surface area (TPSA) is 152 Å². The van der Waals surface area contributed by atoms with Crippen LogP contribution in [0.1, 0.15) is 31.8 Å². The summed E-state index contributed by atoms with van der Waals surface area (Å²) in [6.07, 6.45) is -4.85. The van der Waals surface area contributed by atoms with Gasteiger partial charge in [-0.2, -0.15) is 13.2 Å². The minimum atomic E-state index is -4.84. The van der Waals surface area contributed by atoms with Crippen LogP contribution in [0.5, 0.6) is 5.75 Å². The van der Waals surface area contributed by atoms with Gasteiger partial charge in [0.15, 0.2) is 0 Å². The molecule has 0 saturated carbocycles. The summed E-state index contributed by atoms with van der Waals surface area (Å²) in [5.41, 5.74) is -1.10. The van der Waals surface area contributed by atoms with E-state index in [2.05, 4.69) is 30.9 Å². The normalized spacial score (nSPS) is 15.6. The number of pyridine rings is 1. The fourth-order valence-corrected chi connectivity index (χ4v) is 5.11. The molecule has 0 saturated heterocycles. The highest BCUT2D eigenvalue weighted by Crippen LogP contribution is 2.40. The van der Waals surface area contributed by atoms with Crippen LogP contribution in [0.15, 0.2) is 41.4 Å². The molecule has 0 spiro atoms. The van der Waals surface area contributed by atoms with E-state index in [9.17, 15) is 26.4 Å². The van der Waals surface area contributed by atoms with E-state index in [0.717, 1.165) is 16.6 Å². The molecule has 12 nitrogen and oxygen atoms in total. The van der Waals surface area contributed by atoms with Crippen LogP contribution < -0.4 is 14.4 Å². The number of rotatable bonds is 8. The van der Waals surface area contributed by atoms with Crippen LogP contribution in [0.25, 0.3) is 0 Å². The van der Waals surface area contributed by atoms with Gasteiger partial charge in [0.1, 0.15) is 23.4 Å². The molecule has 1 aliphatic rings. The number of alkyl halides is 3. The van der Waals surface area contributed by atoms with Crippen LogP contribution in [-0.2, 0) is 27.4 Å². The Kier molecular flexibility index (Phi) is 7.71. The average Bonchev–Trinajstić information content (AvgIpc) is 3.39. The Morgan fingerprint density at radius 1 is 1.29 bits per heavy atom. The van der Waals surface area contributed by atoms with Crippen LogP contribution in [0, 0.1) is 5.92 Å². The number of fused-ring (bicyclic) bond motifs is 1. The number of H-pyrrole nitrogens is 1. The van der Waals surface area contributed by atoms with E-state index < -0.39 is 39.0 Å². The highest BCUT2D eigenvalue weighted by molar-refractivity contribution is 7.92. The van der Waals surface area contributed by atoms with Crippen LogP contribution in [0.2, 0.25) is 0 Å². The van der Waals surface area contributed by atoms with Gasteiger partial charge in [0.05, 0.1) is 23.7 Å². The Morgan fingerprint density at radius 3 is 2.76 bits per heavy atom. The minimum absolute atomic E-state index is 0.0367. The zero-order valence-corrected chi connectivity index (χ0v) is 21.1. The number of benzene rings is 1. The first-order chi connectivity index (χ1) is 17.9. The molecule has 1 aromatic carbocycles. The highest BCUT2D eigenvalue weighted by atomic mass is 32.2. The Balaban J connectivity index is 1.67. The van der Waals surface area contributed by atoms with Crippen LogP contribution >= 0.6 is 0 Å². The molecule has 38 heavy (non-hydrogen) atoms. The maximum Gasteiger partial charge on any atom is 0.433 e. The lowest BCUT2D eigenvalue weighted by Crippen LogP contribution is -2.44. The predicted octanol–water partition coefficient (Wildman–Crippen LogP) is 3.41. The third-order valence-electron chi connectivity index (χ3n) is 5.39. The van der Waals surface area contributed by atoms with Crippen LogP contribution in [0.4, 0.5) is 29.3 Å². The molecule has 0 bridgehead atoms. The third kappa shape index (κ3) is 6.30. The molecule has 204 valence electrons. The Hall–Kier alpha value is -3.95. The monoisotopic (exact) mass is 555 g/mol. The van der Waals surface area contributed by atoms with Crippen molar-refractivity contribution < 1.29 is 35.9 Å². The van der Waals surface area contributed by atoms with Gasteiger partial charge in [-0.05, 0) is 53.1 Å². The average molecular weight is 556 g/mol. The number of aryl methyl sites for hydroxylation is 1. The van der Waals surface area contributed by atoms with Crippen molar-refractivity contribution in [3.05, 3.63) is 48.0 Å². The second kappa shape index (κ2) is 10.8. The smallest absolute Gasteiger partial charge is 0.433 e. The highest BCUT2D eigenvalue weighted by Gasteiger charge is 2.38. The first-order valence-electron chi connectivity index (χ1n) is 11.5. The summed E-state index contributed by atoms with van der Waals surface area (Å²) < 4.78 is 79.1. The maximum atomic E-state index is 13.6. The molecule has 1 aliphatic heterocycles. The van der Waals surface area contributed by atoms with Crippen molar-refractivity contribution in [1.29, 1.82) is 0 Å². The van der Waals surface area contributed by atoms with Gasteiger partial charge >= 0.3 is 12.3 Å². The molecule has 1 atom stereocenters. The number of sulfonamides is 1. The van der Waals surface area contributed by atoms with E-state index >= 15 is 0 Å². The Labute approximate surface area is 215 Å². The molecule has 0 radical (unpaired) electrons. The molecule has 4 rings (SSSR count). The molecule has 1 amide bonds. The van der Waals surface area contributed by atoms with Gasteiger partial charge in [0.2, 0.25) is 0 Å². The van der Waals surface area contributed by atoms with E-state index in [1.165, 1.54) is 18.2 Å².